The van der Waals surface area contributed by atoms with E-state index >= 15 is 9.18 Å². The van der Waals surface area contributed by atoms with Crippen LogP contribution in [-0.4, -0.2) is 144 Å². The second-order valence-electron chi connectivity index (χ2n) is 19.0. The van der Waals surface area contributed by atoms with Gasteiger partial charge in [-0.05, 0) is 69.3 Å². The van der Waals surface area contributed by atoms with Gasteiger partial charge >= 0.3 is 11.9 Å². The number of nitrogens with one attached hydrogen (secondary N) is 2. The largest absolute Gasteiger partial charge is 0.480 e. The van der Waals surface area contributed by atoms with E-state index in [1.165, 1.54) is 6.07 Å². The highest BCUT2D eigenvalue weighted by atomic mass is 35.5. The van der Waals surface area contributed by atoms with Crippen LogP contribution in [0.15, 0.2) is 65.8 Å². The normalized spacial score (nSPS) is 20.4. The zero-order valence-electron chi connectivity index (χ0n) is 39.9. The Hall–Kier alpha value is -7.20. The number of hydrogen-bond acceptors (Lipinski definition) is 12. The maximum absolute atomic E-state index is 16.5. The molecule has 72 heavy (non-hydrogen) atoms. The highest BCUT2D eigenvalue weighted by Crippen LogP contribution is 2.44. The van der Waals surface area contributed by atoms with E-state index in [2.05, 4.69) is 34.7 Å². The standard InChI is InChI=1S/C50H49ClFN13O6S/c1-26-27(2)72-49-44(26)46(29-8-10-32(51)11-9-29)56-36(48-58-57-28(3)63(48)49)20-42(68)61-15-14-60(4)39(24-61)50(71)65-16-12-30(13-17-65)47-45-33(34-19-38-31(18-35(34)52)21-55-64(38)65)6-5-7-37(45)62(59-47)25-41(67)53-22-40(66)54-23-43(69)70/h5-11,18-19,21,30,36,39H,12-17,20,22-25H2,1-4H3,(H2-,53,54,66,67,69,70)/p+1/t30?,36-,39?,65?/m0/s1. The van der Waals surface area contributed by atoms with Gasteiger partial charge in [0.15, 0.2) is 5.82 Å². The molecule has 0 spiro atoms. The number of piperazine rings is 1. The number of thiophene rings is 1. The predicted octanol–water partition coefficient (Wildman–Crippen LogP) is 4.71. The van der Waals surface area contributed by atoms with Crippen LogP contribution in [-0.2, 0) is 30.5 Å². The molecule has 5 aliphatic rings. The summed E-state index contributed by atoms with van der Waals surface area (Å²) in [5, 5.41) is 35.3. The lowest BCUT2D eigenvalue weighted by atomic mass is 9.88. The Kier molecular flexibility index (Phi) is 11.9. The maximum Gasteiger partial charge on any atom is 0.358 e. The first kappa shape index (κ1) is 47.1. The topological polar surface area (TPSA) is 215 Å². The molecule has 0 aliphatic carbocycles. The maximum atomic E-state index is 16.5. The molecule has 5 aliphatic heterocycles. The fraction of sp³-hybridized carbons (Fsp3) is 0.360. The number of piperidine rings is 1. The number of halogens is 2. The summed E-state index contributed by atoms with van der Waals surface area (Å²) in [6.45, 7) is 6.35. The number of hydrogen-bond donors (Lipinski definition) is 3. The van der Waals surface area contributed by atoms with Crippen LogP contribution in [0, 0.1) is 26.6 Å². The van der Waals surface area contributed by atoms with Crippen LogP contribution >= 0.6 is 22.9 Å². The fourth-order valence-electron chi connectivity index (χ4n) is 10.9. The third kappa shape index (κ3) is 7.94. The highest BCUT2D eigenvalue weighted by Gasteiger charge is 2.52. The first-order valence-corrected chi connectivity index (χ1v) is 25.0. The molecule has 3 aromatic carbocycles. The van der Waals surface area contributed by atoms with Crippen molar-refractivity contribution < 1.29 is 33.5 Å². The number of amides is 4. The number of rotatable bonds is 10. The number of carbonyl (C=O) groups excluding carboxylic acids is 4. The van der Waals surface area contributed by atoms with Crippen LogP contribution in [0.25, 0.3) is 37.9 Å². The minimum atomic E-state index is -1.21. The number of carbonyl (C=O) groups is 5. The number of aryl methyl sites for hydroxylation is 2. The average Bonchev–Trinajstić information content (AvgIpc) is 4.12. The molecule has 0 radical (unpaired) electrons. The number of aromatic nitrogens is 7. The Bertz CT molecular complexity index is 3440. The number of nitrogens with zero attached hydrogens (tertiary/aromatic N) is 11. The van der Waals surface area contributed by atoms with Gasteiger partial charge in [-0.1, -0.05) is 40.7 Å². The van der Waals surface area contributed by atoms with Gasteiger partial charge in [-0.25, -0.2) is 9.18 Å². The summed E-state index contributed by atoms with van der Waals surface area (Å²) in [6.07, 6.45) is 2.55. The van der Waals surface area contributed by atoms with Crippen LogP contribution in [0.3, 0.4) is 0 Å². The zero-order chi connectivity index (χ0) is 50.3. The summed E-state index contributed by atoms with van der Waals surface area (Å²) in [6, 6.07) is 14.7. The lowest BCUT2D eigenvalue weighted by Crippen LogP contribution is -2.72. The van der Waals surface area contributed by atoms with E-state index < -0.39 is 48.8 Å². The molecule has 9 heterocycles. The van der Waals surface area contributed by atoms with Gasteiger partial charge in [0.2, 0.25) is 17.7 Å². The van der Waals surface area contributed by atoms with Crippen molar-refractivity contribution in [3.63, 3.8) is 0 Å². The number of carboxylic acid groups (broad SMARTS) is 1. The van der Waals surface area contributed by atoms with Crippen LogP contribution in [0.1, 0.15) is 70.1 Å². The molecule has 4 bridgehead atoms. The Labute approximate surface area is 420 Å². The number of carboxylic acids is 1. The molecule has 1 unspecified atom stereocenters. The molecular formula is C50H50ClFN13O6S+. The van der Waals surface area contributed by atoms with Gasteiger partial charge in [0.1, 0.15) is 60.4 Å². The fourth-order valence-corrected chi connectivity index (χ4v) is 12.2. The van der Waals surface area contributed by atoms with E-state index in [1.807, 2.05) is 59.8 Å². The van der Waals surface area contributed by atoms with Gasteiger partial charge in [0.05, 0.1) is 36.1 Å². The summed E-state index contributed by atoms with van der Waals surface area (Å²) < 4.78 is 19.8. The molecule has 4 amide bonds. The van der Waals surface area contributed by atoms with Crippen molar-refractivity contribution in [3.8, 4) is 16.1 Å². The minimum Gasteiger partial charge on any atom is -0.480 e. The third-order valence-corrected chi connectivity index (χ3v) is 16.2. The van der Waals surface area contributed by atoms with Crippen LogP contribution in [0.2, 0.25) is 5.02 Å². The van der Waals surface area contributed by atoms with Crippen molar-refractivity contribution >= 4 is 80.1 Å². The summed E-state index contributed by atoms with van der Waals surface area (Å²) >= 11 is 7.98. The second kappa shape index (κ2) is 18.1. The molecule has 4 aromatic heterocycles. The molecule has 2 fully saturated rings. The molecule has 370 valence electrons. The van der Waals surface area contributed by atoms with Crippen molar-refractivity contribution in [1.29, 1.82) is 0 Å². The first-order valence-electron chi connectivity index (χ1n) is 23.8. The molecule has 19 nitrogen and oxygen atoms in total. The van der Waals surface area contributed by atoms with E-state index in [-0.39, 0.29) is 47.4 Å². The van der Waals surface area contributed by atoms with Crippen molar-refractivity contribution in [2.24, 2.45) is 4.99 Å². The minimum absolute atomic E-state index is 0.0158. The van der Waals surface area contributed by atoms with Crippen LogP contribution in [0.5, 0.6) is 0 Å². The van der Waals surface area contributed by atoms with E-state index in [0.29, 0.717) is 88.8 Å². The SMILES string of the molecule is Cc1sc2c(c1C)C(c1ccc(Cl)cc1)=N[C@@H](CC(=O)N1CCN(C)C(C(=O)[N+]34CCC(CC3)c3nn(CC(=O)NCC(=O)NCC(=O)O)c5cccc(c35)-c3cc5c(cnn54)cc3F)C1)c1nnc(C)n1-2. The summed E-state index contributed by atoms with van der Waals surface area (Å²) in [4.78, 5) is 78.9. The number of aliphatic carboxylic acids is 1. The molecule has 22 heteroatoms. The monoisotopic (exact) mass is 1010 g/mol. The number of likely N-dealkylation sites (N-methyl/N-ethyl adjacent to an activating group) is 1. The van der Waals surface area contributed by atoms with Gasteiger partial charge in [-0.3, -0.25) is 38.3 Å². The Morgan fingerprint density at radius 1 is 0.931 bits per heavy atom. The van der Waals surface area contributed by atoms with Crippen molar-refractivity contribution in [2.75, 3.05) is 52.9 Å². The van der Waals surface area contributed by atoms with E-state index in [4.69, 9.17) is 31.9 Å². The van der Waals surface area contributed by atoms with E-state index in [0.717, 1.165) is 32.3 Å². The molecular weight excluding hydrogens is 965 g/mol. The van der Waals surface area contributed by atoms with Gasteiger partial charge in [0, 0.05) is 75.8 Å². The average molecular weight is 1020 g/mol. The molecule has 2 saturated heterocycles. The van der Waals surface area contributed by atoms with Gasteiger partial charge < -0.3 is 20.6 Å². The van der Waals surface area contributed by atoms with E-state index in [9.17, 15) is 19.2 Å². The number of fused-ring (bicyclic) bond motifs is 5. The van der Waals surface area contributed by atoms with Gasteiger partial charge in [-0.15, -0.1) is 31.2 Å². The van der Waals surface area contributed by atoms with Crippen LogP contribution in [0.4, 0.5) is 4.39 Å². The molecule has 12 rings (SSSR count). The molecule has 3 N–H and O–H groups in total. The smallest absolute Gasteiger partial charge is 0.358 e. The number of benzene rings is 3. The van der Waals surface area contributed by atoms with E-state index in [1.54, 1.807) is 44.0 Å². The highest BCUT2D eigenvalue weighted by molar-refractivity contribution is 7.15. The third-order valence-electron chi connectivity index (χ3n) is 14.8. The quantitative estimate of drug-likeness (QED) is 0.160. The summed E-state index contributed by atoms with van der Waals surface area (Å²) in [7, 11) is 1.90. The first-order chi connectivity index (χ1) is 34.6. The predicted molar refractivity (Wildman–Crippen MR) is 267 cm³/mol. The number of quaternary nitrogens is 1. The van der Waals surface area contributed by atoms with Gasteiger partial charge in [-0.2, -0.15) is 5.10 Å². The van der Waals surface area contributed by atoms with Crippen molar-refractivity contribution in [1.82, 2.24) is 59.5 Å². The van der Waals surface area contributed by atoms with Crippen molar-refractivity contribution in [2.45, 2.75) is 64.6 Å². The molecule has 7 aromatic rings. The zero-order valence-corrected chi connectivity index (χ0v) is 41.4. The Balaban J connectivity index is 0.905. The van der Waals surface area contributed by atoms with Crippen molar-refractivity contribution in [3.05, 3.63) is 111 Å². The Morgan fingerprint density at radius 3 is 2.46 bits per heavy atom. The molecule has 2 atom stereocenters. The Morgan fingerprint density at radius 2 is 1.69 bits per heavy atom. The summed E-state index contributed by atoms with van der Waals surface area (Å²) in [5.41, 5.74) is 6.31. The van der Waals surface area contributed by atoms with Crippen LogP contribution < -0.4 is 15.2 Å². The second-order valence-corrected chi connectivity index (χ2v) is 20.7. The lowest BCUT2D eigenvalue weighted by molar-refractivity contribution is -0.150. The summed E-state index contributed by atoms with van der Waals surface area (Å²) in [5.74, 6) is -2.18. The lowest BCUT2D eigenvalue weighted by Gasteiger charge is -2.45. The number of aliphatic imine (C=N–C) groups is 1. The molecule has 0 saturated carbocycles. The van der Waals surface area contributed by atoms with Gasteiger partial charge in [0.25, 0.3) is 0 Å².